The van der Waals surface area contributed by atoms with Crippen molar-refractivity contribution in [1.82, 2.24) is 10.2 Å². The Morgan fingerprint density at radius 2 is 1.93 bits per heavy atom. The topological polar surface area (TPSA) is 58.6 Å². The Balaban J connectivity index is 1.64. The summed E-state index contributed by atoms with van der Waals surface area (Å²) in [5.74, 6) is 0.744. The van der Waals surface area contributed by atoms with Gasteiger partial charge in [0, 0.05) is 25.2 Å². The van der Waals surface area contributed by atoms with E-state index in [9.17, 15) is 9.59 Å². The molecule has 3 rings (SSSR count). The van der Waals surface area contributed by atoms with Crippen LogP contribution in [-0.2, 0) is 11.3 Å². The lowest BCUT2D eigenvalue weighted by atomic mass is 9.80. The van der Waals surface area contributed by atoms with Gasteiger partial charge >= 0.3 is 0 Å². The second-order valence-corrected chi connectivity index (χ2v) is 7.79. The summed E-state index contributed by atoms with van der Waals surface area (Å²) in [5, 5.41) is 3.03. The van der Waals surface area contributed by atoms with Crippen LogP contribution < -0.4 is 10.1 Å². The predicted molar refractivity (Wildman–Crippen MR) is 109 cm³/mol. The smallest absolute Gasteiger partial charge is 0.253 e. The number of hydrogen-bond donors (Lipinski definition) is 1. The maximum Gasteiger partial charge on any atom is 0.253 e. The third-order valence-electron chi connectivity index (χ3n) is 5.42. The molecule has 0 spiro atoms. The molecular formula is C23H28N2O3. The van der Waals surface area contributed by atoms with Crippen LogP contribution in [0.3, 0.4) is 0 Å². The predicted octanol–water partition coefficient (Wildman–Crippen LogP) is 3.56. The van der Waals surface area contributed by atoms with Crippen LogP contribution in [-0.4, -0.2) is 36.9 Å². The Labute approximate surface area is 166 Å². The van der Waals surface area contributed by atoms with Gasteiger partial charge in [-0.25, -0.2) is 0 Å². The normalized spacial score (nSPS) is 19.2. The highest BCUT2D eigenvalue weighted by atomic mass is 16.5. The molecule has 1 N–H and O–H groups in total. The van der Waals surface area contributed by atoms with Crippen LogP contribution in [0.25, 0.3) is 0 Å². The summed E-state index contributed by atoms with van der Waals surface area (Å²) in [5.41, 5.74) is 2.19. The second kappa shape index (κ2) is 8.46. The Kier molecular flexibility index (Phi) is 6.02. The molecular weight excluding hydrogens is 352 g/mol. The zero-order valence-electron chi connectivity index (χ0n) is 16.8. The van der Waals surface area contributed by atoms with Gasteiger partial charge in [0.2, 0.25) is 5.91 Å². The number of amides is 2. The van der Waals surface area contributed by atoms with Gasteiger partial charge in [0.25, 0.3) is 5.91 Å². The Bertz CT molecular complexity index is 847. The molecule has 1 aliphatic rings. The fourth-order valence-electron chi connectivity index (χ4n) is 3.65. The third kappa shape index (κ3) is 4.53. The molecule has 1 heterocycles. The molecule has 0 bridgehead atoms. The molecule has 1 saturated heterocycles. The van der Waals surface area contributed by atoms with E-state index >= 15 is 0 Å². The molecule has 0 unspecified atom stereocenters. The van der Waals surface area contributed by atoms with Crippen molar-refractivity contribution >= 4 is 11.8 Å². The van der Waals surface area contributed by atoms with Gasteiger partial charge in [-0.15, -0.1) is 0 Å². The molecule has 1 fully saturated rings. The fourth-order valence-corrected chi connectivity index (χ4v) is 3.65. The van der Waals surface area contributed by atoms with Gasteiger partial charge in [-0.3, -0.25) is 9.59 Å². The minimum atomic E-state index is -0.586. The van der Waals surface area contributed by atoms with Crippen molar-refractivity contribution in [2.75, 3.05) is 20.2 Å². The zero-order valence-corrected chi connectivity index (χ0v) is 16.8. The minimum Gasteiger partial charge on any atom is -0.497 e. The largest absolute Gasteiger partial charge is 0.497 e. The van der Waals surface area contributed by atoms with Crippen LogP contribution in [0.15, 0.2) is 48.5 Å². The Hall–Kier alpha value is -2.82. The number of hydrogen-bond acceptors (Lipinski definition) is 3. The SMILES string of the molecule is COc1cccc(CNC(=O)[C@]2(C)CCCN(C(=O)c3ccc(C)cc3)C2)c1. The number of nitrogens with zero attached hydrogens (tertiary/aromatic N) is 1. The van der Waals surface area contributed by atoms with Crippen molar-refractivity contribution < 1.29 is 14.3 Å². The van der Waals surface area contributed by atoms with Crippen molar-refractivity contribution in [3.8, 4) is 5.75 Å². The molecule has 148 valence electrons. The molecule has 0 radical (unpaired) electrons. The van der Waals surface area contributed by atoms with Gasteiger partial charge in [0.1, 0.15) is 5.75 Å². The van der Waals surface area contributed by atoms with Gasteiger partial charge in [-0.1, -0.05) is 29.8 Å². The molecule has 1 aliphatic heterocycles. The highest BCUT2D eigenvalue weighted by Crippen LogP contribution is 2.30. The van der Waals surface area contributed by atoms with Crippen LogP contribution in [0.1, 0.15) is 41.3 Å². The van der Waals surface area contributed by atoms with E-state index in [0.29, 0.717) is 25.2 Å². The van der Waals surface area contributed by atoms with Crippen molar-refractivity contribution in [3.05, 3.63) is 65.2 Å². The van der Waals surface area contributed by atoms with Gasteiger partial charge in [-0.2, -0.15) is 0 Å². The van der Waals surface area contributed by atoms with E-state index in [1.807, 2.05) is 62.4 Å². The van der Waals surface area contributed by atoms with Crippen LogP contribution in [0.5, 0.6) is 5.75 Å². The summed E-state index contributed by atoms with van der Waals surface area (Å²) in [7, 11) is 1.63. The number of methoxy groups -OCH3 is 1. The molecule has 0 aliphatic carbocycles. The molecule has 2 amide bonds. The molecule has 5 heteroatoms. The molecule has 0 saturated carbocycles. The Morgan fingerprint density at radius 1 is 1.18 bits per heavy atom. The first-order valence-corrected chi connectivity index (χ1v) is 9.68. The van der Waals surface area contributed by atoms with Crippen LogP contribution >= 0.6 is 0 Å². The van der Waals surface area contributed by atoms with E-state index in [2.05, 4.69) is 5.32 Å². The first kappa shape index (κ1) is 19.9. The zero-order chi connectivity index (χ0) is 20.1. The maximum absolute atomic E-state index is 12.9. The second-order valence-electron chi connectivity index (χ2n) is 7.79. The van der Waals surface area contributed by atoms with Gasteiger partial charge in [0.05, 0.1) is 12.5 Å². The summed E-state index contributed by atoms with van der Waals surface area (Å²) in [6.45, 7) is 5.51. The van der Waals surface area contributed by atoms with Gasteiger partial charge in [-0.05, 0) is 56.5 Å². The number of rotatable bonds is 5. The minimum absolute atomic E-state index is 0.00785. The van der Waals surface area contributed by atoms with E-state index in [1.165, 1.54) is 0 Å². The summed E-state index contributed by atoms with van der Waals surface area (Å²) >= 11 is 0. The first-order chi connectivity index (χ1) is 13.4. The average Bonchev–Trinajstić information content (AvgIpc) is 2.72. The fraction of sp³-hybridized carbons (Fsp3) is 0.391. The molecule has 2 aromatic rings. The van der Waals surface area contributed by atoms with E-state index in [4.69, 9.17) is 4.74 Å². The molecule has 28 heavy (non-hydrogen) atoms. The Morgan fingerprint density at radius 3 is 2.64 bits per heavy atom. The number of nitrogens with one attached hydrogen (secondary N) is 1. The van der Waals surface area contributed by atoms with Crippen molar-refractivity contribution in [2.24, 2.45) is 5.41 Å². The molecule has 0 aromatic heterocycles. The summed E-state index contributed by atoms with van der Waals surface area (Å²) in [4.78, 5) is 27.6. The van der Waals surface area contributed by atoms with Crippen molar-refractivity contribution in [3.63, 3.8) is 0 Å². The number of carbonyl (C=O) groups is 2. The number of aryl methyl sites for hydroxylation is 1. The average molecular weight is 380 g/mol. The first-order valence-electron chi connectivity index (χ1n) is 9.68. The molecule has 1 atom stereocenters. The maximum atomic E-state index is 12.9. The quantitative estimate of drug-likeness (QED) is 0.863. The van der Waals surface area contributed by atoms with Crippen LogP contribution in [0.4, 0.5) is 0 Å². The molecule has 5 nitrogen and oxygen atoms in total. The van der Waals surface area contributed by atoms with Crippen LogP contribution in [0.2, 0.25) is 0 Å². The number of ether oxygens (including phenoxy) is 1. The lowest BCUT2D eigenvalue weighted by molar-refractivity contribution is -0.132. The van der Waals surface area contributed by atoms with Gasteiger partial charge < -0.3 is 15.0 Å². The van der Waals surface area contributed by atoms with E-state index in [-0.39, 0.29) is 11.8 Å². The third-order valence-corrected chi connectivity index (χ3v) is 5.42. The number of carbonyl (C=O) groups excluding carboxylic acids is 2. The van der Waals surface area contributed by atoms with Gasteiger partial charge in [0.15, 0.2) is 0 Å². The summed E-state index contributed by atoms with van der Waals surface area (Å²) in [6.07, 6.45) is 1.59. The lowest BCUT2D eigenvalue weighted by Crippen LogP contribution is -2.51. The van der Waals surface area contributed by atoms with E-state index in [1.54, 1.807) is 12.0 Å². The number of likely N-dealkylation sites (tertiary alicyclic amines) is 1. The van der Waals surface area contributed by atoms with Crippen molar-refractivity contribution in [2.45, 2.75) is 33.2 Å². The van der Waals surface area contributed by atoms with E-state index < -0.39 is 5.41 Å². The highest BCUT2D eigenvalue weighted by Gasteiger charge is 2.39. The molecule has 2 aromatic carbocycles. The van der Waals surface area contributed by atoms with Crippen LogP contribution in [0, 0.1) is 12.3 Å². The summed E-state index contributed by atoms with van der Waals surface area (Å²) < 4.78 is 5.23. The summed E-state index contributed by atoms with van der Waals surface area (Å²) in [6, 6.07) is 15.2. The number of piperidine rings is 1. The lowest BCUT2D eigenvalue weighted by Gasteiger charge is -2.39. The standard InChI is InChI=1S/C23H28N2O3/c1-17-8-10-19(11-9-17)21(26)25-13-5-12-23(2,16-25)22(27)24-15-18-6-4-7-20(14-18)28-3/h4,6-11,14H,5,12-13,15-16H2,1-3H3,(H,24,27)/t23-/m1/s1. The highest BCUT2D eigenvalue weighted by molar-refractivity contribution is 5.95. The number of benzene rings is 2. The monoisotopic (exact) mass is 380 g/mol. The van der Waals surface area contributed by atoms with Crippen molar-refractivity contribution in [1.29, 1.82) is 0 Å². The van der Waals surface area contributed by atoms with E-state index in [0.717, 1.165) is 29.7 Å².